The van der Waals surface area contributed by atoms with Crippen LogP contribution in [0.4, 0.5) is 0 Å². The van der Waals surface area contributed by atoms with E-state index < -0.39 is 0 Å². The zero-order chi connectivity index (χ0) is 13.8. The third kappa shape index (κ3) is 2.16. The van der Waals surface area contributed by atoms with E-state index in [-0.39, 0.29) is 0 Å². The predicted octanol–water partition coefficient (Wildman–Crippen LogP) is 2.23. The molecule has 0 unspecified atom stereocenters. The molecule has 0 amide bonds. The van der Waals surface area contributed by atoms with Gasteiger partial charge in [-0.15, -0.1) is 5.10 Å². The smallest absolute Gasteiger partial charge is 0.122 e. The van der Waals surface area contributed by atoms with E-state index in [4.69, 9.17) is 5.84 Å². The SMILES string of the molecule is N/N=C/c1c(-c2ccccc2)nnn1-c1ccccc1. The molecule has 3 aromatic rings. The van der Waals surface area contributed by atoms with Gasteiger partial charge in [0.05, 0.1) is 11.9 Å². The normalized spacial score (nSPS) is 11.0. The fraction of sp³-hybridized carbons (Fsp3) is 0. The zero-order valence-corrected chi connectivity index (χ0v) is 10.7. The van der Waals surface area contributed by atoms with Crippen molar-refractivity contribution in [1.29, 1.82) is 0 Å². The van der Waals surface area contributed by atoms with Crippen LogP contribution >= 0.6 is 0 Å². The topological polar surface area (TPSA) is 69.1 Å². The Kier molecular flexibility index (Phi) is 3.24. The van der Waals surface area contributed by atoms with E-state index in [0.29, 0.717) is 0 Å². The molecule has 0 aliphatic rings. The molecule has 2 aromatic carbocycles. The van der Waals surface area contributed by atoms with Gasteiger partial charge in [0, 0.05) is 5.56 Å². The van der Waals surface area contributed by atoms with Crippen LogP contribution in [0.2, 0.25) is 0 Å². The Balaban J connectivity index is 2.17. The molecule has 0 atom stereocenters. The fourth-order valence-corrected chi connectivity index (χ4v) is 2.04. The Morgan fingerprint density at radius 3 is 2.25 bits per heavy atom. The molecular formula is C15H13N5. The Bertz CT molecular complexity index is 660. The van der Waals surface area contributed by atoms with Crippen molar-refractivity contribution in [2.75, 3.05) is 0 Å². The van der Waals surface area contributed by atoms with Crippen LogP contribution in [0.5, 0.6) is 0 Å². The number of aromatic nitrogens is 3. The first-order valence-electron chi connectivity index (χ1n) is 6.20. The average molecular weight is 263 g/mol. The average Bonchev–Trinajstić information content (AvgIpc) is 2.93. The van der Waals surface area contributed by atoms with Crippen LogP contribution in [0.15, 0.2) is 65.8 Å². The second kappa shape index (κ2) is 5.36. The van der Waals surface area contributed by atoms with Crippen molar-refractivity contribution < 1.29 is 0 Å². The maximum Gasteiger partial charge on any atom is 0.122 e. The molecule has 0 spiro atoms. The molecule has 5 nitrogen and oxygen atoms in total. The van der Waals surface area contributed by atoms with E-state index in [1.165, 1.54) is 0 Å². The summed E-state index contributed by atoms with van der Waals surface area (Å²) in [5, 5.41) is 12.1. The molecule has 0 fully saturated rings. The van der Waals surface area contributed by atoms with Crippen LogP contribution in [0, 0.1) is 0 Å². The van der Waals surface area contributed by atoms with Gasteiger partial charge in [0.2, 0.25) is 0 Å². The molecule has 0 aliphatic heterocycles. The molecule has 0 radical (unpaired) electrons. The Labute approximate surface area is 116 Å². The van der Waals surface area contributed by atoms with E-state index in [9.17, 15) is 0 Å². The van der Waals surface area contributed by atoms with Crippen molar-refractivity contribution in [2.45, 2.75) is 0 Å². The summed E-state index contributed by atoms with van der Waals surface area (Å²) < 4.78 is 1.72. The summed E-state index contributed by atoms with van der Waals surface area (Å²) in [5.74, 6) is 5.31. The standard InChI is InChI=1S/C15H13N5/c16-17-11-14-15(12-7-3-1-4-8-12)18-19-20(14)13-9-5-2-6-10-13/h1-11H,16H2/b17-11+. The number of benzene rings is 2. The van der Waals surface area contributed by atoms with Crippen molar-refractivity contribution in [3.63, 3.8) is 0 Å². The summed E-state index contributed by atoms with van der Waals surface area (Å²) >= 11 is 0. The van der Waals surface area contributed by atoms with Gasteiger partial charge in [-0.2, -0.15) is 5.10 Å². The summed E-state index contributed by atoms with van der Waals surface area (Å²) in [7, 11) is 0. The molecule has 0 bridgehead atoms. The minimum Gasteiger partial charge on any atom is -0.323 e. The highest BCUT2D eigenvalue weighted by molar-refractivity contribution is 5.87. The van der Waals surface area contributed by atoms with E-state index in [1.807, 2.05) is 60.7 Å². The second-order valence-electron chi connectivity index (χ2n) is 4.21. The molecule has 5 heteroatoms. The van der Waals surface area contributed by atoms with Gasteiger partial charge in [0.15, 0.2) is 0 Å². The van der Waals surface area contributed by atoms with Crippen molar-refractivity contribution in [1.82, 2.24) is 15.0 Å². The lowest BCUT2D eigenvalue weighted by atomic mass is 10.1. The minimum atomic E-state index is 0.753. The molecule has 2 N–H and O–H groups in total. The Morgan fingerprint density at radius 2 is 1.60 bits per heavy atom. The number of nitrogens with zero attached hydrogens (tertiary/aromatic N) is 4. The predicted molar refractivity (Wildman–Crippen MR) is 78.6 cm³/mol. The lowest BCUT2D eigenvalue weighted by molar-refractivity contribution is 0.800. The highest BCUT2D eigenvalue weighted by Gasteiger charge is 2.13. The first-order valence-corrected chi connectivity index (χ1v) is 6.20. The van der Waals surface area contributed by atoms with Crippen molar-refractivity contribution >= 4 is 6.21 Å². The van der Waals surface area contributed by atoms with E-state index in [2.05, 4.69) is 15.4 Å². The first kappa shape index (κ1) is 12.1. The Hall–Kier alpha value is -2.95. The Morgan fingerprint density at radius 1 is 0.950 bits per heavy atom. The van der Waals surface area contributed by atoms with Gasteiger partial charge in [-0.05, 0) is 12.1 Å². The van der Waals surface area contributed by atoms with Crippen LogP contribution in [-0.4, -0.2) is 21.2 Å². The van der Waals surface area contributed by atoms with Gasteiger partial charge in [-0.25, -0.2) is 4.68 Å². The lowest BCUT2D eigenvalue weighted by Crippen LogP contribution is -2.03. The molecule has 20 heavy (non-hydrogen) atoms. The molecule has 0 aliphatic carbocycles. The van der Waals surface area contributed by atoms with E-state index >= 15 is 0 Å². The maximum atomic E-state index is 5.31. The summed E-state index contributed by atoms with van der Waals surface area (Å²) in [5.41, 5.74) is 3.40. The number of hydrogen-bond acceptors (Lipinski definition) is 4. The number of nitrogens with two attached hydrogens (primary N) is 1. The summed E-state index contributed by atoms with van der Waals surface area (Å²) in [6, 6.07) is 19.6. The molecule has 0 saturated heterocycles. The highest BCUT2D eigenvalue weighted by Crippen LogP contribution is 2.21. The number of para-hydroxylation sites is 1. The van der Waals surface area contributed by atoms with Crippen LogP contribution in [0.1, 0.15) is 5.69 Å². The van der Waals surface area contributed by atoms with Crippen LogP contribution in [-0.2, 0) is 0 Å². The van der Waals surface area contributed by atoms with Gasteiger partial charge < -0.3 is 5.84 Å². The van der Waals surface area contributed by atoms with Gasteiger partial charge in [-0.1, -0.05) is 53.7 Å². The van der Waals surface area contributed by atoms with Crippen LogP contribution < -0.4 is 5.84 Å². The maximum absolute atomic E-state index is 5.31. The molecule has 98 valence electrons. The zero-order valence-electron chi connectivity index (χ0n) is 10.7. The molecule has 3 rings (SSSR count). The van der Waals surface area contributed by atoms with Crippen LogP contribution in [0.3, 0.4) is 0 Å². The van der Waals surface area contributed by atoms with Crippen molar-refractivity contribution in [3.8, 4) is 16.9 Å². The quantitative estimate of drug-likeness (QED) is 0.447. The minimum absolute atomic E-state index is 0.753. The largest absolute Gasteiger partial charge is 0.323 e. The van der Waals surface area contributed by atoms with Crippen molar-refractivity contribution in [2.24, 2.45) is 10.9 Å². The van der Waals surface area contributed by atoms with Gasteiger partial charge in [-0.3, -0.25) is 0 Å². The number of hydrogen-bond donors (Lipinski definition) is 1. The van der Waals surface area contributed by atoms with Gasteiger partial charge in [0.25, 0.3) is 0 Å². The summed E-state index contributed by atoms with van der Waals surface area (Å²) in [6.45, 7) is 0. The van der Waals surface area contributed by atoms with Crippen molar-refractivity contribution in [3.05, 3.63) is 66.4 Å². The molecular weight excluding hydrogens is 250 g/mol. The monoisotopic (exact) mass is 263 g/mol. The second-order valence-corrected chi connectivity index (χ2v) is 4.21. The molecule has 1 aromatic heterocycles. The third-order valence-electron chi connectivity index (χ3n) is 2.95. The molecule has 1 heterocycles. The third-order valence-corrected chi connectivity index (χ3v) is 2.95. The highest BCUT2D eigenvalue weighted by atomic mass is 15.4. The fourth-order valence-electron chi connectivity index (χ4n) is 2.04. The van der Waals surface area contributed by atoms with E-state index in [1.54, 1.807) is 10.9 Å². The number of rotatable bonds is 3. The van der Waals surface area contributed by atoms with Gasteiger partial charge in [0.1, 0.15) is 11.4 Å². The summed E-state index contributed by atoms with van der Waals surface area (Å²) in [4.78, 5) is 0. The van der Waals surface area contributed by atoms with E-state index in [0.717, 1.165) is 22.6 Å². The first-order chi connectivity index (χ1) is 9.90. The van der Waals surface area contributed by atoms with Crippen LogP contribution in [0.25, 0.3) is 16.9 Å². The van der Waals surface area contributed by atoms with Gasteiger partial charge >= 0.3 is 0 Å². The number of hydrazone groups is 1. The molecule has 0 saturated carbocycles. The lowest BCUT2D eigenvalue weighted by Gasteiger charge is -2.03. The summed E-state index contributed by atoms with van der Waals surface area (Å²) in [6.07, 6.45) is 1.56.